The van der Waals surface area contributed by atoms with Crippen molar-refractivity contribution in [3.05, 3.63) is 84.6 Å². The number of hydrogen-bond donors (Lipinski definition) is 3. The number of phenols is 2. The first-order valence-electron chi connectivity index (χ1n) is 13.1. The second-order valence-electron chi connectivity index (χ2n) is 9.65. The minimum Gasteiger partial charge on any atom is -0.507 e. The SMILES string of the molecule is CN(Cc1ccccc1)S(=O)(=O)c1cc(-c2ccnn2-c2ccc(OCCN3CCNCC3)cc2)c(O)cc1O. The lowest BCUT2D eigenvalue weighted by Crippen LogP contribution is -2.44. The van der Waals surface area contributed by atoms with Gasteiger partial charge in [-0.25, -0.2) is 13.1 Å². The Morgan fingerprint density at radius 2 is 1.70 bits per heavy atom. The number of nitrogens with zero attached hydrogens (tertiary/aromatic N) is 4. The van der Waals surface area contributed by atoms with Crippen molar-refractivity contribution in [3.63, 3.8) is 0 Å². The van der Waals surface area contributed by atoms with Crippen LogP contribution in [0.4, 0.5) is 0 Å². The molecular weight excluding hydrogens is 530 g/mol. The molecule has 0 bridgehead atoms. The fourth-order valence-electron chi connectivity index (χ4n) is 4.69. The summed E-state index contributed by atoms with van der Waals surface area (Å²) < 4.78 is 35.5. The summed E-state index contributed by atoms with van der Waals surface area (Å²) in [6.07, 6.45) is 1.56. The van der Waals surface area contributed by atoms with Gasteiger partial charge in [0.2, 0.25) is 10.0 Å². The Labute approximate surface area is 234 Å². The minimum atomic E-state index is -4.08. The highest BCUT2D eigenvalue weighted by Gasteiger charge is 2.27. The van der Waals surface area contributed by atoms with E-state index in [1.165, 1.54) is 13.1 Å². The van der Waals surface area contributed by atoms with Crippen molar-refractivity contribution in [2.24, 2.45) is 0 Å². The summed E-state index contributed by atoms with van der Waals surface area (Å²) >= 11 is 0. The number of piperazine rings is 1. The summed E-state index contributed by atoms with van der Waals surface area (Å²) in [5, 5.41) is 29.0. The molecule has 1 aliphatic heterocycles. The molecule has 0 atom stereocenters. The molecule has 2 heterocycles. The first-order valence-corrected chi connectivity index (χ1v) is 14.5. The van der Waals surface area contributed by atoms with Gasteiger partial charge in [-0.3, -0.25) is 4.90 Å². The Morgan fingerprint density at radius 1 is 0.975 bits per heavy atom. The molecule has 3 N–H and O–H groups in total. The fourth-order valence-corrected chi connectivity index (χ4v) is 5.93. The molecule has 4 aromatic rings. The van der Waals surface area contributed by atoms with Gasteiger partial charge in [0.25, 0.3) is 0 Å². The second-order valence-corrected chi connectivity index (χ2v) is 11.7. The van der Waals surface area contributed by atoms with Crippen LogP contribution in [0.15, 0.2) is 83.9 Å². The Morgan fingerprint density at radius 3 is 2.42 bits per heavy atom. The van der Waals surface area contributed by atoms with E-state index in [1.54, 1.807) is 16.9 Å². The number of aromatic hydroxyl groups is 2. The summed E-state index contributed by atoms with van der Waals surface area (Å²) in [6.45, 7) is 5.59. The van der Waals surface area contributed by atoms with Gasteiger partial charge in [0, 0.05) is 57.9 Å². The molecule has 1 fully saturated rings. The van der Waals surface area contributed by atoms with Crippen LogP contribution in [-0.2, 0) is 16.6 Å². The number of ether oxygens (including phenoxy) is 1. The van der Waals surface area contributed by atoms with E-state index >= 15 is 0 Å². The molecule has 11 heteroatoms. The Balaban J connectivity index is 1.36. The first kappa shape index (κ1) is 27.7. The van der Waals surface area contributed by atoms with Crippen molar-refractivity contribution in [3.8, 4) is 34.2 Å². The van der Waals surface area contributed by atoms with E-state index in [9.17, 15) is 18.6 Å². The molecule has 210 valence electrons. The van der Waals surface area contributed by atoms with Crippen LogP contribution >= 0.6 is 0 Å². The minimum absolute atomic E-state index is 0.125. The molecule has 10 nitrogen and oxygen atoms in total. The van der Waals surface area contributed by atoms with Crippen molar-refractivity contribution in [2.75, 3.05) is 46.4 Å². The van der Waals surface area contributed by atoms with Gasteiger partial charge in [-0.1, -0.05) is 30.3 Å². The van der Waals surface area contributed by atoms with Crippen molar-refractivity contribution >= 4 is 10.0 Å². The van der Waals surface area contributed by atoms with E-state index in [2.05, 4.69) is 15.3 Å². The molecule has 0 aliphatic carbocycles. The molecule has 1 aromatic heterocycles. The molecular formula is C29H33N5O5S. The molecule has 0 amide bonds. The lowest BCUT2D eigenvalue weighted by molar-refractivity contribution is 0.191. The Kier molecular flexibility index (Phi) is 8.36. The maximum atomic E-state index is 13.4. The van der Waals surface area contributed by atoms with E-state index in [0.29, 0.717) is 18.0 Å². The predicted molar refractivity (Wildman–Crippen MR) is 152 cm³/mol. The standard InChI is InChI=1S/C29H33N5O5S/c1-32(21-22-5-3-2-4-6-22)40(37,38)29-19-25(27(35)20-28(29)36)26-11-12-31-34(26)23-7-9-24(10-8-23)39-18-17-33-15-13-30-14-16-33/h2-12,19-20,30,35-36H,13-18,21H2,1H3. The molecule has 0 radical (unpaired) electrons. The quantitative estimate of drug-likeness (QED) is 0.269. The van der Waals surface area contributed by atoms with Crippen LogP contribution in [-0.4, -0.2) is 84.0 Å². The zero-order valence-electron chi connectivity index (χ0n) is 22.3. The predicted octanol–water partition coefficient (Wildman–Crippen LogP) is 3.06. The highest BCUT2D eigenvalue weighted by molar-refractivity contribution is 7.89. The third-order valence-electron chi connectivity index (χ3n) is 6.90. The largest absolute Gasteiger partial charge is 0.507 e. The van der Waals surface area contributed by atoms with E-state index in [0.717, 1.165) is 54.4 Å². The van der Waals surface area contributed by atoms with Crippen LogP contribution in [0.3, 0.4) is 0 Å². The number of nitrogens with one attached hydrogen (secondary N) is 1. The van der Waals surface area contributed by atoms with Crippen LogP contribution in [0.25, 0.3) is 16.9 Å². The highest BCUT2D eigenvalue weighted by Crippen LogP contribution is 2.38. The smallest absolute Gasteiger partial charge is 0.246 e. The highest BCUT2D eigenvalue weighted by atomic mass is 32.2. The third-order valence-corrected chi connectivity index (χ3v) is 8.73. The topological polar surface area (TPSA) is 120 Å². The Hall–Kier alpha value is -3.90. The van der Waals surface area contributed by atoms with Crippen LogP contribution < -0.4 is 10.1 Å². The summed E-state index contributed by atoms with van der Waals surface area (Å²) in [6, 6.07) is 20.6. The molecule has 1 saturated heterocycles. The summed E-state index contributed by atoms with van der Waals surface area (Å²) in [5.74, 6) is -0.0683. The monoisotopic (exact) mass is 563 g/mol. The molecule has 3 aromatic carbocycles. The molecule has 0 saturated carbocycles. The van der Waals surface area contributed by atoms with Gasteiger partial charge in [-0.05, 0) is 42.0 Å². The molecule has 1 aliphatic rings. The second kappa shape index (κ2) is 12.1. The van der Waals surface area contributed by atoms with Gasteiger partial charge in [0.1, 0.15) is 28.8 Å². The van der Waals surface area contributed by atoms with Crippen LogP contribution in [0.1, 0.15) is 5.56 Å². The van der Waals surface area contributed by atoms with Crippen LogP contribution in [0, 0.1) is 0 Å². The summed E-state index contributed by atoms with van der Waals surface area (Å²) in [5.41, 5.74) is 2.19. The van der Waals surface area contributed by atoms with E-state index < -0.39 is 15.8 Å². The number of hydrogen-bond acceptors (Lipinski definition) is 8. The van der Waals surface area contributed by atoms with Crippen molar-refractivity contribution in [1.82, 2.24) is 24.3 Å². The number of aromatic nitrogens is 2. The summed E-state index contributed by atoms with van der Waals surface area (Å²) in [4.78, 5) is 2.05. The number of benzene rings is 3. The van der Waals surface area contributed by atoms with Gasteiger partial charge >= 0.3 is 0 Å². The third kappa shape index (κ3) is 6.13. The lowest BCUT2D eigenvalue weighted by atomic mass is 10.1. The maximum absolute atomic E-state index is 13.4. The van der Waals surface area contributed by atoms with E-state index in [1.807, 2.05) is 54.6 Å². The zero-order valence-corrected chi connectivity index (χ0v) is 23.1. The number of rotatable bonds is 10. The normalized spacial score (nSPS) is 14.4. The molecule has 0 unspecified atom stereocenters. The summed E-state index contributed by atoms with van der Waals surface area (Å²) in [7, 11) is -2.63. The zero-order chi connectivity index (χ0) is 28.1. The number of sulfonamides is 1. The lowest BCUT2D eigenvalue weighted by Gasteiger charge is -2.26. The van der Waals surface area contributed by atoms with Gasteiger partial charge in [0.05, 0.1) is 17.6 Å². The van der Waals surface area contributed by atoms with Gasteiger partial charge in [-0.2, -0.15) is 9.40 Å². The molecule has 40 heavy (non-hydrogen) atoms. The van der Waals surface area contributed by atoms with Crippen LogP contribution in [0.5, 0.6) is 17.2 Å². The molecule has 5 rings (SSSR count). The average Bonchev–Trinajstić information content (AvgIpc) is 3.44. The first-order chi connectivity index (χ1) is 19.3. The van der Waals surface area contributed by atoms with Crippen molar-refractivity contribution < 1.29 is 23.4 Å². The van der Waals surface area contributed by atoms with E-state index in [-0.39, 0.29) is 22.8 Å². The Bertz CT molecular complexity index is 1540. The average molecular weight is 564 g/mol. The maximum Gasteiger partial charge on any atom is 0.246 e. The van der Waals surface area contributed by atoms with Crippen molar-refractivity contribution in [2.45, 2.75) is 11.4 Å². The fraction of sp³-hybridized carbons (Fsp3) is 0.276. The van der Waals surface area contributed by atoms with Crippen LogP contribution in [0.2, 0.25) is 0 Å². The van der Waals surface area contributed by atoms with Crippen molar-refractivity contribution in [1.29, 1.82) is 0 Å². The van der Waals surface area contributed by atoms with Gasteiger partial charge < -0.3 is 20.3 Å². The van der Waals surface area contributed by atoms with E-state index in [4.69, 9.17) is 4.74 Å². The van der Waals surface area contributed by atoms with Gasteiger partial charge in [0.15, 0.2) is 0 Å². The van der Waals surface area contributed by atoms with Gasteiger partial charge in [-0.15, -0.1) is 0 Å². The molecule has 0 spiro atoms. The number of phenolic OH excluding ortho intramolecular Hbond substituents is 2.